The molecule has 0 saturated carbocycles. The minimum Gasteiger partial charge on any atom is -0.375 e. The largest absolute Gasteiger partial charge is 0.411 e. The summed E-state index contributed by atoms with van der Waals surface area (Å²) in [6.07, 6.45) is -3.68. The van der Waals surface area contributed by atoms with E-state index >= 15 is 0 Å². The zero-order valence-corrected chi connectivity index (χ0v) is 10.7. The van der Waals surface area contributed by atoms with Gasteiger partial charge in [0.1, 0.15) is 6.61 Å². The summed E-state index contributed by atoms with van der Waals surface area (Å²) >= 11 is 0. The molecule has 0 saturated heterocycles. The molecule has 0 aliphatic carbocycles. The molecular weight excluding hydrogens is 235 g/mol. The molecule has 0 aliphatic rings. The van der Waals surface area contributed by atoms with Gasteiger partial charge in [0, 0.05) is 19.8 Å². The average molecular weight is 257 g/mol. The third kappa shape index (κ3) is 11.9. The highest BCUT2D eigenvalue weighted by Crippen LogP contribution is 2.14. The molecule has 0 unspecified atom stereocenters. The maximum Gasteiger partial charge on any atom is 0.411 e. The Morgan fingerprint density at radius 2 is 1.82 bits per heavy atom. The number of nitrogens with one attached hydrogen (secondary N) is 1. The molecule has 0 heterocycles. The van der Waals surface area contributed by atoms with Crippen LogP contribution >= 0.6 is 0 Å². The van der Waals surface area contributed by atoms with Gasteiger partial charge in [-0.1, -0.05) is 0 Å². The number of ether oxygens (including phenoxy) is 2. The normalized spacial score (nSPS) is 13.1. The summed E-state index contributed by atoms with van der Waals surface area (Å²) in [5, 5.41) is 3.12. The van der Waals surface area contributed by atoms with Crippen molar-refractivity contribution in [2.24, 2.45) is 0 Å². The Labute approximate surface area is 101 Å². The Morgan fingerprint density at radius 1 is 1.18 bits per heavy atom. The summed E-state index contributed by atoms with van der Waals surface area (Å²) in [6.45, 7) is 6.72. The van der Waals surface area contributed by atoms with Crippen molar-refractivity contribution in [2.45, 2.75) is 39.0 Å². The van der Waals surface area contributed by atoms with Gasteiger partial charge < -0.3 is 14.8 Å². The standard InChI is InChI=1S/C11H22F3NO2/c1-4-17-10(2,3)8-15-6-5-7-16-9-11(12,13)14/h15H,4-9H2,1-3H3. The maximum absolute atomic E-state index is 11.7. The predicted octanol–water partition coefficient (Wildman–Crippen LogP) is 2.36. The van der Waals surface area contributed by atoms with E-state index in [9.17, 15) is 13.2 Å². The lowest BCUT2D eigenvalue weighted by Crippen LogP contribution is -2.38. The third-order valence-electron chi connectivity index (χ3n) is 1.99. The first kappa shape index (κ1) is 16.7. The van der Waals surface area contributed by atoms with E-state index in [0.29, 0.717) is 26.1 Å². The van der Waals surface area contributed by atoms with Crippen LogP contribution in [0.1, 0.15) is 27.2 Å². The van der Waals surface area contributed by atoms with Crippen LogP contribution in [0.2, 0.25) is 0 Å². The summed E-state index contributed by atoms with van der Waals surface area (Å²) in [6, 6.07) is 0. The Balaban J connectivity index is 3.35. The Kier molecular flexibility index (Phi) is 7.74. The van der Waals surface area contributed by atoms with E-state index in [1.54, 1.807) is 0 Å². The summed E-state index contributed by atoms with van der Waals surface area (Å²) in [5.74, 6) is 0. The minimum absolute atomic E-state index is 0.113. The maximum atomic E-state index is 11.7. The monoisotopic (exact) mass is 257 g/mol. The Morgan fingerprint density at radius 3 is 2.35 bits per heavy atom. The van der Waals surface area contributed by atoms with Crippen LogP contribution in [0.4, 0.5) is 13.2 Å². The molecule has 0 aromatic rings. The number of halogens is 3. The second-order valence-corrected chi connectivity index (χ2v) is 4.39. The van der Waals surface area contributed by atoms with Gasteiger partial charge in [0.25, 0.3) is 0 Å². The van der Waals surface area contributed by atoms with E-state index in [-0.39, 0.29) is 12.2 Å². The molecule has 0 aliphatic heterocycles. The van der Waals surface area contributed by atoms with Crippen molar-refractivity contribution in [1.82, 2.24) is 5.32 Å². The van der Waals surface area contributed by atoms with Crippen molar-refractivity contribution < 1.29 is 22.6 Å². The molecule has 0 amide bonds. The van der Waals surface area contributed by atoms with Crippen molar-refractivity contribution in [3.63, 3.8) is 0 Å². The predicted molar refractivity (Wildman–Crippen MR) is 60.1 cm³/mol. The van der Waals surface area contributed by atoms with Gasteiger partial charge in [-0.3, -0.25) is 0 Å². The van der Waals surface area contributed by atoms with Gasteiger partial charge in [0.15, 0.2) is 0 Å². The van der Waals surface area contributed by atoms with E-state index < -0.39 is 12.8 Å². The van der Waals surface area contributed by atoms with Gasteiger partial charge in [0.05, 0.1) is 5.60 Å². The first-order valence-corrected chi connectivity index (χ1v) is 5.76. The highest BCUT2D eigenvalue weighted by Gasteiger charge is 2.27. The Hall–Kier alpha value is -0.330. The molecule has 3 nitrogen and oxygen atoms in total. The van der Waals surface area contributed by atoms with E-state index in [4.69, 9.17) is 4.74 Å². The summed E-state index contributed by atoms with van der Waals surface area (Å²) in [5.41, 5.74) is -0.248. The molecule has 0 rings (SSSR count). The van der Waals surface area contributed by atoms with Crippen LogP contribution in [0, 0.1) is 0 Å². The topological polar surface area (TPSA) is 30.5 Å². The first-order chi connectivity index (χ1) is 7.77. The third-order valence-corrected chi connectivity index (χ3v) is 1.99. The van der Waals surface area contributed by atoms with Crippen molar-refractivity contribution in [2.75, 3.05) is 32.9 Å². The summed E-state index contributed by atoms with van der Waals surface area (Å²) in [4.78, 5) is 0. The van der Waals surface area contributed by atoms with Crippen molar-refractivity contribution in [3.05, 3.63) is 0 Å². The van der Waals surface area contributed by atoms with Crippen molar-refractivity contribution >= 4 is 0 Å². The Bertz CT molecular complexity index is 196. The molecule has 0 spiro atoms. The molecule has 0 aromatic carbocycles. The number of alkyl halides is 3. The van der Waals surface area contributed by atoms with Gasteiger partial charge >= 0.3 is 6.18 Å². The average Bonchev–Trinajstić information content (AvgIpc) is 2.14. The van der Waals surface area contributed by atoms with Crippen LogP contribution in [0.5, 0.6) is 0 Å². The van der Waals surface area contributed by atoms with E-state index in [0.717, 1.165) is 0 Å². The van der Waals surface area contributed by atoms with Crippen molar-refractivity contribution in [3.8, 4) is 0 Å². The number of hydrogen-bond donors (Lipinski definition) is 1. The molecule has 0 bridgehead atoms. The van der Waals surface area contributed by atoms with Gasteiger partial charge in [-0.15, -0.1) is 0 Å². The van der Waals surface area contributed by atoms with Crippen LogP contribution in [0.25, 0.3) is 0 Å². The van der Waals surface area contributed by atoms with E-state index in [2.05, 4.69) is 10.1 Å². The van der Waals surface area contributed by atoms with Gasteiger partial charge in [-0.2, -0.15) is 13.2 Å². The van der Waals surface area contributed by atoms with E-state index in [1.807, 2.05) is 20.8 Å². The quantitative estimate of drug-likeness (QED) is 0.643. The first-order valence-electron chi connectivity index (χ1n) is 5.76. The summed E-state index contributed by atoms with van der Waals surface area (Å²) < 4.78 is 45.1. The van der Waals surface area contributed by atoms with Gasteiger partial charge in [-0.05, 0) is 33.7 Å². The molecular formula is C11H22F3NO2. The summed E-state index contributed by atoms with van der Waals surface area (Å²) in [7, 11) is 0. The molecule has 0 atom stereocenters. The van der Waals surface area contributed by atoms with Gasteiger partial charge in [0.2, 0.25) is 0 Å². The fraction of sp³-hybridized carbons (Fsp3) is 1.00. The van der Waals surface area contributed by atoms with Crippen LogP contribution in [-0.2, 0) is 9.47 Å². The SMILES string of the molecule is CCOC(C)(C)CNCCCOCC(F)(F)F. The van der Waals surface area contributed by atoms with Crippen LogP contribution < -0.4 is 5.32 Å². The fourth-order valence-corrected chi connectivity index (χ4v) is 1.32. The molecule has 0 aromatic heterocycles. The second kappa shape index (κ2) is 7.89. The fourth-order valence-electron chi connectivity index (χ4n) is 1.32. The molecule has 1 N–H and O–H groups in total. The molecule has 0 fully saturated rings. The van der Waals surface area contributed by atoms with Crippen LogP contribution in [0.15, 0.2) is 0 Å². The lowest BCUT2D eigenvalue weighted by molar-refractivity contribution is -0.173. The highest BCUT2D eigenvalue weighted by atomic mass is 19.4. The van der Waals surface area contributed by atoms with Gasteiger partial charge in [-0.25, -0.2) is 0 Å². The molecule has 6 heteroatoms. The smallest absolute Gasteiger partial charge is 0.375 e. The molecule has 17 heavy (non-hydrogen) atoms. The van der Waals surface area contributed by atoms with Crippen molar-refractivity contribution in [1.29, 1.82) is 0 Å². The van der Waals surface area contributed by atoms with Crippen LogP contribution in [-0.4, -0.2) is 44.7 Å². The van der Waals surface area contributed by atoms with Crippen LogP contribution in [0.3, 0.4) is 0 Å². The highest BCUT2D eigenvalue weighted by molar-refractivity contribution is 4.71. The zero-order valence-electron chi connectivity index (χ0n) is 10.7. The number of rotatable bonds is 9. The number of hydrogen-bond acceptors (Lipinski definition) is 3. The molecule has 0 radical (unpaired) electrons. The lowest BCUT2D eigenvalue weighted by atomic mass is 10.1. The molecule has 104 valence electrons. The lowest BCUT2D eigenvalue weighted by Gasteiger charge is -2.25. The minimum atomic E-state index is -4.23. The second-order valence-electron chi connectivity index (χ2n) is 4.39. The van der Waals surface area contributed by atoms with E-state index in [1.165, 1.54) is 0 Å². The zero-order chi connectivity index (χ0) is 13.4.